The van der Waals surface area contributed by atoms with Gasteiger partial charge in [0.05, 0.1) is 18.5 Å². The number of nitrogens with zero attached hydrogens (tertiary/aromatic N) is 1. The second-order valence-corrected chi connectivity index (χ2v) is 9.57. The largest absolute Gasteiger partial charge is 0.497 e. The summed E-state index contributed by atoms with van der Waals surface area (Å²) in [4.78, 5) is 41.5. The summed E-state index contributed by atoms with van der Waals surface area (Å²) in [7, 11) is 1.59. The van der Waals surface area contributed by atoms with Crippen LogP contribution in [-0.2, 0) is 9.59 Å². The lowest BCUT2D eigenvalue weighted by Gasteiger charge is -2.33. The summed E-state index contributed by atoms with van der Waals surface area (Å²) in [6, 6.07) is 10.1. The zero-order chi connectivity index (χ0) is 24.3. The molecule has 0 aliphatic heterocycles. The summed E-state index contributed by atoms with van der Waals surface area (Å²) in [5.41, 5.74) is 0.725. The predicted octanol–water partition coefficient (Wildman–Crippen LogP) is 4.31. The Morgan fingerprint density at radius 1 is 1.12 bits per heavy atom. The molecule has 0 saturated heterocycles. The van der Waals surface area contributed by atoms with Crippen LogP contribution in [0.3, 0.4) is 0 Å². The number of hydrogen-bond donors (Lipinski definition) is 2. The Labute approximate surface area is 205 Å². The molecule has 184 valence electrons. The van der Waals surface area contributed by atoms with E-state index in [1.54, 1.807) is 36.3 Å². The van der Waals surface area contributed by atoms with Crippen molar-refractivity contribution < 1.29 is 19.1 Å². The van der Waals surface area contributed by atoms with Crippen LogP contribution >= 0.6 is 11.3 Å². The predicted molar refractivity (Wildman–Crippen MR) is 134 cm³/mol. The van der Waals surface area contributed by atoms with Crippen LogP contribution in [0.25, 0.3) is 0 Å². The molecule has 2 N–H and O–H groups in total. The van der Waals surface area contributed by atoms with Gasteiger partial charge in [-0.25, -0.2) is 0 Å². The lowest BCUT2D eigenvalue weighted by molar-refractivity contribution is -0.140. The Kier molecular flexibility index (Phi) is 9.94. The van der Waals surface area contributed by atoms with E-state index in [0.717, 1.165) is 44.1 Å². The third kappa shape index (κ3) is 7.06. The van der Waals surface area contributed by atoms with Gasteiger partial charge in [0, 0.05) is 12.6 Å². The maximum Gasteiger partial charge on any atom is 0.261 e. The molecule has 8 heteroatoms. The zero-order valence-electron chi connectivity index (χ0n) is 20.0. The first-order valence-corrected chi connectivity index (χ1v) is 13.0. The minimum atomic E-state index is -0.773. The van der Waals surface area contributed by atoms with Crippen LogP contribution in [0.2, 0.25) is 0 Å². The highest BCUT2D eigenvalue weighted by atomic mass is 32.1. The van der Waals surface area contributed by atoms with Crippen LogP contribution in [-0.4, -0.2) is 48.9 Å². The summed E-state index contributed by atoms with van der Waals surface area (Å²) >= 11 is 1.32. The van der Waals surface area contributed by atoms with E-state index in [1.165, 1.54) is 17.8 Å². The van der Waals surface area contributed by atoms with Crippen molar-refractivity contribution in [2.24, 2.45) is 0 Å². The van der Waals surface area contributed by atoms with Gasteiger partial charge in [0.15, 0.2) is 0 Å². The molecule has 0 spiro atoms. The van der Waals surface area contributed by atoms with E-state index in [-0.39, 0.29) is 30.3 Å². The van der Waals surface area contributed by atoms with Crippen LogP contribution in [0.15, 0.2) is 41.8 Å². The van der Waals surface area contributed by atoms with Crippen LogP contribution in [0.1, 0.15) is 73.1 Å². The van der Waals surface area contributed by atoms with Crippen LogP contribution in [0, 0.1) is 0 Å². The molecule has 1 atom stereocenters. The topological polar surface area (TPSA) is 87.7 Å². The highest BCUT2D eigenvalue weighted by Gasteiger charge is 2.32. The van der Waals surface area contributed by atoms with Gasteiger partial charge < -0.3 is 20.3 Å². The number of rotatable bonds is 11. The molecule has 0 bridgehead atoms. The average Bonchev–Trinajstić information content (AvgIpc) is 3.41. The first-order chi connectivity index (χ1) is 16.5. The van der Waals surface area contributed by atoms with Crippen LogP contribution < -0.4 is 15.4 Å². The number of carbonyl (C=O) groups excluding carboxylic acids is 3. The Morgan fingerprint density at radius 2 is 1.85 bits per heavy atom. The second-order valence-electron chi connectivity index (χ2n) is 8.62. The number of benzene rings is 1. The Bertz CT molecular complexity index is 924. The fourth-order valence-corrected chi connectivity index (χ4v) is 4.90. The molecule has 1 aliphatic carbocycles. The first kappa shape index (κ1) is 25.7. The molecule has 0 radical (unpaired) electrons. The highest BCUT2D eigenvalue weighted by molar-refractivity contribution is 7.12. The van der Waals surface area contributed by atoms with E-state index in [9.17, 15) is 14.4 Å². The van der Waals surface area contributed by atoms with Crippen molar-refractivity contribution in [3.63, 3.8) is 0 Å². The minimum absolute atomic E-state index is 0.128. The van der Waals surface area contributed by atoms with Gasteiger partial charge >= 0.3 is 0 Å². The minimum Gasteiger partial charge on any atom is -0.497 e. The quantitative estimate of drug-likeness (QED) is 0.497. The van der Waals surface area contributed by atoms with Crippen LogP contribution in [0.4, 0.5) is 0 Å². The van der Waals surface area contributed by atoms with Crippen molar-refractivity contribution in [1.29, 1.82) is 0 Å². The van der Waals surface area contributed by atoms with Gasteiger partial charge in [-0.05, 0) is 48.4 Å². The molecule has 0 unspecified atom stereocenters. The number of thiophene rings is 1. The SMILES string of the molecule is CCCCN(C(=O)CNC(=O)c1cccs1)[C@@H](C(=O)NC1CCCCC1)c1ccc(OC)cc1. The van der Waals surface area contributed by atoms with Crippen molar-refractivity contribution in [3.05, 3.63) is 52.2 Å². The lowest BCUT2D eigenvalue weighted by atomic mass is 9.94. The molecule has 7 nitrogen and oxygen atoms in total. The molecule has 1 aromatic carbocycles. The molecule has 1 heterocycles. The molecule has 2 aromatic rings. The lowest BCUT2D eigenvalue weighted by Crippen LogP contribution is -2.49. The fraction of sp³-hybridized carbons (Fsp3) is 0.500. The average molecular weight is 486 g/mol. The number of carbonyl (C=O) groups is 3. The highest BCUT2D eigenvalue weighted by Crippen LogP contribution is 2.26. The Balaban J connectivity index is 1.82. The normalized spacial score (nSPS) is 14.8. The second kappa shape index (κ2) is 13.1. The van der Waals surface area contributed by atoms with Gasteiger partial charge in [0.2, 0.25) is 11.8 Å². The fourth-order valence-electron chi connectivity index (χ4n) is 4.26. The van der Waals surface area contributed by atoms with E-state index >= 15 is 0 Å². The number of methoxy groups -OCH3 is 1. The third-order valence-electron chi connectivity index (χ3n) is 6.16. The smallest absolute Gasteiger partial charge is 0.261 e. The van der Waals surface area contributed by atoms with Gasteiger partial charge in [-0.3, -0.25) is 14.4 Å². The molecular weight excluding hydrogens is 450 g/mol. The van der Waals surface area contributed by atoms with Crippen molar-refractivity contribution in [3.8, 4) is 5.75 Å². The number of nitrogens with one attached hydrogen (secondary N) is 2. The van der Waals surface area contributed by atoms with E-state index in [2.05, 4.69) is 10.6 Å². The molecular formula is C26H35N3O4S. The Morgan fingerprint density at radius 3 is 2.47 bits per heavy atom. The molecule has 3 rings (SSSR count). The summed E-state index contributed by atoms with van der Waals surface area (Å²) < 4.78 is 5.28. The van der Waals surface area contributed by atoms with Crippen molar-refractivity contribution in [2.45, 2.75) is 64.0 Å². The first-order valence-electron chi connectivity index (χ1n) is 12.1. The monoisotopic (exact) mass is 485 g/mol. The van der Waals surface area contributed by atoms with E-state index in [1.807, 2.05) is 24.4 Å². The summed E-state index contributed by atoms with van der Waals surface area (Å²) in [5.74, 6) is -0.0552. The summed E-state index contributed by atoms with van der Waals surface area (Å²) in [6.45, 7) is 2.31. The van der Waals surface area contributed by atoms with Gasteiger partial charge in [-0.15, -0.1) is 11.3 Å². The summed E-state index contributed by atoms with van der Waals surface area (Å²) in [6.07, 6.45) is 6.96. The van der Waals surface area contributed by atoms with Crippen LogP contribution in [0.5, 0.6) is 5.75 Å². The summed E-state index contributed by atoms with van der Waals surface area (Å²) in [5, 5.41) is 7.73. The van der Waals surface area contributed by atoms with Crippen molar-refractivity contribution in [1.82, 2.24) is 15.5 Å². The Hall–Kier alpha value is -2.87. The van der Waals surface area contributed by atoms with Gasteiger partial charge in [-0.1, -0.05) is 50.8 Å². The van der Waals surface area contributed by atoms with Crippen molar-refractivity contribution in [2.75, 3.05) is 20.2 Å². The molecule has 1 aromatic heterocycles. The standard InChI is InChI=1S/C26H35N3O4S/c1-3-4-16-29(23(30)18-27-25(31)22-11-8-17-34-22)24(19-12-14-21(33-2)15-13-19)26(32)28-20-9-6-5-7-10-20/h8,11-15,17,20,24H,3-7,9-10,16,18H2,1-2H3,(H,27,31)(H,28,32)/t24-/m1/s1. The van der Waals surface area contributed by atoms with Gasteiger partial charge in [0.25, 0.3) is 5.91 Å². The third-order valence-corrected chi connectivity index (χ3v) is 7.03. The molecule has 1 aliphatic rings. The van der Waals surface area contributed by atoms with Gasteiger partial charge in [-0.2, -0.15) is 0 Å². The number of ether oxygens (including phenoxy) is 1. The molecule has 1 saturated carbocycles. The number of amides is 3. The van der Waals surface area contributed by atoms with E-state index in [0.29, 0.717) is 17.2 Å². The maximum absolute atomic E-state index is 13.6. The maximum atomic E-state index is 13.6. The number of unbranched alkanes of at least 4 members (excludes halogenated alkanes) is 1. The van der Waals surface area contributed by atoms with E-state index in [4.69, 9.17) is 4.74 Å². The molecule has 3 amide bonds. The van der Waals surface area contributed by atoms with E-state index < -0.39 is 6.04 Å². The molecule has 1 fully saturated rings. The zero-order valence-corrected chi connectivity index (χ0v) is 20.9. The number of hydrogen-bond acceptors (Lipinski definition) is 5. The van der Waals surface area contributed by atoms with Crippen molar-refractivity contribution >= 4 is 29.1 Å². The molecule has 34 heavy (non-hydrogen) atoms. The van der Waals surface area contributed by atoms with Gasteiger partial charge in [0.1, 0.15) is 11.8 Å².